The molecule has 0 spiro atoms. The van der Waals surface area contributed by atoms with Crippen LogP contribution in [0.25, 0.3) is 0 Å². The van der Waals surface area contributed by atoms with Crippen LogP contribution in [0.15, 0.2) is 34.8 Å². The predicted octanol–water partition coefficient (Wildman–Crippen LogP) is 1.97. The summed E-state index contributed by atoms with van der Waals surface area (Å²) < 4.78 is 26.3. The van der Waals surface area contributed by atoms with Gasteiger partial charge in [-0.3, -0.25) is 4.98 Å². The summed E-state index contributed by atoms with van der Waals surface area (Å²) in [5.41, 5.74) is 1.22. The summed E-state index contributed by atoms with van der Waals surface area (Å²) in [6.07, 6.45) is 3.16. The SMILES string of the molecule is Cc1csc(C(=O)O)c1S(=O)(=O)N(C)Cc1ccncc1. The number of carboxylic acids is 1. The summed E-state index contributed by atoms with van der Waals surface area (Å²) in [5, 5.41) is 10.7. The van der Waals surface area contributed by atoms with Crippen LogP contribution in [0, 0.1) is 6.92 Å². The molecule has 1 N–H and O–H groups in total. The molecule has 6 nitrogen and oxygen atoms in total. The van der Waals surface area contributed by atoms with Gasteiger partial charge in [0.1, 0.15) is 9.77 Å². The van der Waals surface area contributed by atoms with Crippen LogP contribution in [0.4, 0.5) is 0 Å². The number of sulfonamides is 1. The average Bonchev–Trinajstić information content (AvgIpc) is 2.82. The first kappa shape index (κ1) is 15.6. The molecule has 2 heterocycles. The number of aromatic nitrogens is 1. The molecule has 0 aliphatic heterocycles. The van der Waals surface area contributed by atoms with Crippen LogP contribution < -0.4 is 0 Å². The Balaban J connectivity index is 2.38. The Morgan fingerprint density at radius 1 is 1.38 bits per heavy atom. The van der Waals surface area contributed by atoms with E-state index in [-0.39, 0.29) is 16.3 Å². The van der Waals surface area contributed by atoms with Crippen molar-refractivity contribution in [2.75, 3.05) is 7.05 Å². The summed E-state index contributed by atoms with van der Waals surface area (Å²) >= 11 is 0.919. The van der Waals surface area contributed by atoms with Gasteiger partial charge in [-0.1, -0.05) is 0 Å². The highest BCUT2D eigenvalue weighted by Crippen LogP contribution is 2.29. The van der Waals surface area contributed by atoms with Gasteiger partial charge in [0.2, 0.25) is 10.0 Å². The summed E-state index contributed by atoms with van der Waals surface area (Å²) in [4.78, 5) is 14.8. The van der Waals surface area contributed by atoms with Gasteiger partial charge in [0.05, 0.1) is 0 Å². The maximum absolute atomic E-state index is 12.6. The number of rotatable bonds is 5. The molecule has 2 aromatic rings. The maximum Gasteiger partial charge on any atom is 0.347 e. The monoisotopic (exact) mass is 326 g/mol. The Labute approximate surface area is 126 Å². The number of hydrogen-bond donors (Lipinski definition) is 1. The van der Waals surface area contributed by atoms with Crippen molar-refractivity contribution in [1.82, 2.24) is 9.29 Å². The molecule has 2 aromatic heterocycles. The van der Waals surface area contributed by atoms with Crippen LogP contribution >= 0.6 is 11.3 Å². The molecule has 0 unspecified atom stereocenters. The van der Waals surface area contributed by atoms with Crippen LogP contribution in [0.3, 0.4) is 0 Å². The van der Waals surface area contributed by atoms with E-state index in [4.69, 9.17) is 5.11 Å². The molecule has 0 aliphatic carbocycles. The Bertz CT molecular complexity index is 754. The molecule has 2 rings (SSSR count). The van der Waals surface area contributed by atoms with Crippen LogP contribution in [0.1, 0.15) is 20.8 Å². The quantitative estimate of drug-likeness (QED) is 0.907. The first-order valence-electron chi connectivity index (χ1n) is 6.00. The second kappa shape index (κ2) is 5.92. The van der Waals surface area contributed by atoms with Gasteiger partial charge in [-0.05, 0) is 35.6 Å². The van der Waals surface area contributed by atoms with E-state index in [1.165, 1.54) is 12.4 Å². The predicted molar refractivity (Wildman–Crippen MR) is 78.9 cm³/mol. The third-order valence-electron chi connectivity index (χ3n) is 2.94. The van der Waals surface area contributed by atoms with E-state index in [0.29, 0.717) is 5.56 Å². The average molecular weight is 326 g/mol. The van der Waals surface area contributed by atoms with E-state index < -0.39 is 16.0 Å². The third kappa shape index (κ3) is 3.12. The third-order valence-corrected chi connectivity index (χ3v) is 6.14. The van der Waals surface area contributed by atoms with Gasteiger partial charge < -0.3 is 5.11 Å². The fraction of sp³-hybridized carbons (Fsp3) is 0.231. The summed E-state index contributed by atoms with van der Waals surface area (Å²) in [5.74, 6) is -1.23. The van der Waals surface area contributed by atoms with E-state index in [0.717, 1.165) is 21.2 Å². The molecule has 0 amide bonds. The first-order chi connectivity index (χ1) is 9.84. The molecule has 0 aromatic carbocycles. The fourth-order valence-electron chi connectivity index (χ4n) is 1.89. The van der Waals surface area contributed by atoms with Crippen LogP contribution in [0.2, 0.25) is 0 Å². The van der Waals surface area contributed by atoms with Crippen molar-refractivity contribution in [2.24, 2.45) is 0 Å². The largest absolute Gasteiger partial charge is 0.477 e. The highest BCUT2D eigenvalue weighted by Gasteiger charge is 2.30. The standard InChI is InChI=1S/C13H14N2O4S2/c1-9-8-20-11(13(16)17)12(9)21(18,19)15(2)7-10-3-5-14-6-4-10/h3-6,8H,7H2,1-2H3,(H,16,17). The van der Waals surface area contributed by atoms with Crippen LogP contribution in [-0.4, -0.2) is 35.8 Å². The maximum atomic E-state index is 12.6. The Hall–Kier alpha value is -1.77. The lowest BCUT2D eigenvalue weighted by Crippen LogP contribution is -2.28. The van der Waals surface area contributed by atoms with E-state index in [1.54, 1.807) is 31.5 Å². The molecular weight excluding hydrogens is 312 g/mol. The van der Waals surface area contributed by atoms with Gasteiger partial charge in [0.15, 0.2) is 0 Å². The van der Waals surface area contributed by atoms with E-state index in [9.17, 15) is 13.2 Å². The molecule has 0 saturated carbocycles. The van der Waals surface area contributed by atoms with E-state index in [1.807, 2.05) is 0 Å². The Morgan fingerprint density at radius 2 is 2.00 bits per heavy atom. The minimum atomic E-state index is -3.86. The highest BCUT2D eigenvalue weighted by atomic mass is 32.2. The van der Waals surface area contributed by atoms with Gasteiger partial charge in [0, 0.05) is 26.0 Å². The number of pyridine rings is 1. The first-order valence-corrected chi connectivity index (χ1v) is 8.32. The van der Waals surface area contributed by atoms with Crippen molar-refractivity contribution >= 4 is 27.3 Å². The molecule has 0 bridgehead atoms. The van der Waals surface area contributed by atoms with Crippen molar-refractivity contribution in [1.29, 1.82) is 0 Å². The van der Waals surface area contributed by atoms with Gasteiger partial charge in [0.25, 0.3) is 0 Å². The second-order valence-electron chi connectivity index (χ2n) is 4.50. The number of carbonyl (C=O) groups is 1. The van der Waals surface area contributed by atoms with Gasteiger partial charge in [-0.15, -0.1) is 11.3 Å². The lowest BCUT2D eigenvalue weighted by atomic mass is 10.3. The van der Waals surface area contributed by atoms with E-state index in [2.05, 4.69) is 4.98 Å². The minimum absolute atomic E-state index is 0.128. The van der Waals surface area contributed by atoms with Gasteiger partial charge in [-0.2, -0.15) is 4.31 Å². The lowest BCUT2D eigenvalue weighted by molar-refractivity contribution is 0.0698. The fourth-order valence-corrected chi connectivity index (χ4v) is 4.62. The van der Waals surface area contributed by atoms with E-state index >= 15 is 0 Å². The van der Waals surface area contributed by atoms with Gasteiger partial charge >= 0.3 is 5.97 Å². The number of aryl methyl sites for hydroxylation is 1. The number of thiophene rings is 1. The van der Waals surface area contributed by atoms with Crippen LogP contribution in [-0.2, 0) is 16.6 Å². The Kier molecular flexibility index (Phi) is 4.40. The van der Waals surface area contributed by atoms with Crippen molar-refractivity contribution in [3.05, 3.63) is 45.9 Å². The van der Waals surface area contributed by atoms with Crippen molar-refractivity contribution in [2.45, 2.75) is 18.4 Å². The molecule has 112 valence electrons. The summed E-state index contributed by atoms with van der Waals surface area (Å²) in [6.45, 7) is 1.75. The van der Waals surface area contributed by atoms with Gasteiger partial charge in [-0.25, -0.2) is 13.2 Å². The minimum Gasteiger partial charge on any atom is -0.477 e. The molecule has 0 fully saturated rings. The zero-order valence-corrected chi connectivity index (χ0v) is 13.1. The summed E-state index contributed by atoms with van der Waals surface area (Å²) in [7, 11) is -2.43. The molecule has 0 aliphatic rings. The molecule has 8 heteroatoms. The molecule has 0 radical (unpaired) electrons. The van der Waals surface area contributed by atoms with Crippen LogP contribution in [0.5, 0.6) is 0 Å². The molecule has 0 saturated heterocycles. The zero-order valence-electron chi connectivity index (χ0n) is 11.5. The highest BCUT2D eigenvalue weighted by molar-refractivity contribution is 7.89. The normalized spacial score (nSPS) is 11.8. The number of carboxylic acid groups (broad SMARTS) is 1. The molecule has 21 heavy (non-hydrogen) atoms. The van der Waals surface area contributed by atoms with Crippen molar-refractivity contribution in [3.8, 4) is 0 Å². The number of nitrogens with zero attached hydrogens (tertiary/aromatic N) is 2. The molecular formula is C13H14N2O4S2. The summed E-state index contributed by atoms with van der Waals surface area (Å²) in [6, 6.07) is 3.43. The van der Waals surface area contributed by atoms with Crippen molar-refractivity contribution < 1.29 is 18.3 Å². The number of aromatic carboxylic acids is 1. The zero-order chi connectivity index (χ0) is 15.6. The van der Waals surface area contributed by atoms with Crippen molar-refractivity contribution in [3.63, 3.8) is 0 Å². The second-order valence-corrected chi connectivity index (χ2v) is 7.36. The lowest BCUT2D eigenvalue weighted by Gasteiger charge is -2.17. The number of hydrogen-bond acceptors (Lipinski definition) is 5. The molecule has 0 atom stereocenters. The smallest absolute Gasteiger partial charge is 0.347 e. The topological polar surface area (TPSA) is 87.6 Å². The Morgan fingerprint density at radius 3 is 2.57 bits per heavy atom.